The van der Waals surface area contributed by atoms with Crippen LogP contribution in [0.3, 0.4) is 0 Å². The molecule has 1 aliphatic rings. The Kier molecular flexibility index (Phi) is 4.02. The fraction of sp³-hybridized carbons (Fsp3) is 0.500. The first-order valence-corrected chi connectivity index (χ1v) is 6.15. The van der Waals surface area contributed by atoms with E-state index >= 15 is 0 Å². The Balaban J connectivity index is 2.03. The predicted molar refractivity (Wildman–Crippen MR) is 65.3 cm³/mol. The van der Waals surface area contributed by atoms with Crippen molar-refractivity contribution in [2.24, 2.45) is 0 Å². The van der Waals surface area contributed by atoms with Crippen LogP contribution in [0.1, 0.15) is 42.5 Å². The van der Waals surface area contributed by atoms with E-state index < -0.39 is 0 Å². The van der Waals surface area contributed by atoms with Crippen LogP contribution in [-0.2, 0) is 4.74 Å². The van der Waals surface area contributed by atoms with Crippen molar-refractivity contribution in [3.8, 4) is 5.75 Å². The fourth-order valence-electron chi connectivity index (χ4n) is 2.21. The molecule has 0 bridgehead atoms. The van der Waals surface area contributed by atoms with Gasteiger partial charge in [0.05, 0.1) is 7.11 Å². The van der Waals surface area contributed by atoms with Crippen LogP contribution in [0, 0.1) is 0 Å². The van der Waals surface area contributed by atoms with Crippen LogP contribution >= 0.6 is 0 Å². The molecule has 0 unspecified atom stereocenters. The Labute approximate surface area is 102 Å². The minimum atomic E-state index is -0.269. The Morgan fingerprint density at radius 1 is 1.18 bits per heavy atom. The van der Waals surface area contributed by atoms with Crippen molar-refractivity contribution in [3.05, 3.63) is 29.8 Å². The molecule has 3 heteroatoms. The number of carbonyl (C=O) groups excluding carboxylic acids is 1. The van der Waals surface area contributed by atoms with Gasteiger partial charge in [-0.3, -0.25) is 0 Å². The molecule has 0 spiro atoms. The molecule has 0 amide bonds. The zero-order chi connectivity index (χ0) is 12.1. The van der Waals surface area contributed by atoms with Gasteiger partial charge in [-0.15, -0.1) is 0 Å². The number of carbonyl (C=O) groups is 1. The van der Waals surface area contributed by atoms with Crippen LogP contribution in [0.25, 0.3) is 0 Å². The van der Waals surface area contributed by atoms with Gasteiger partial charge >= 0.3 is 5.97 Å². The molecule has 0 atom stereocenters. The highest BCUT2D eigenvalue weighted by Gasteiger charge is 2.20. The second kappa shape index (κ2) is 5.71. The largest absolute Gasteiger partial charge is 0.496 e. The number of ether oxygens (including phenoxy) is 2. The molecule has 0 aliphatic heterocycles. The van der Waals surface area contributed by atoms with Crippen LogP contribution in [0.4, 0.5) is 0 Å². The highest BCUT2D eigenvalue weighted by molar-refractivity contribution is 5.92. The summed E-state index contributed by atoms with van der Waals surface area (Å²) in [5.74, 6) is 0.308. The zero-order valence-electron chi connectivity index (χ0n) is 10.1. The Morgan fingerprint density at radius 3 is 2.59 bits per heavy atom. The standard InChI is InChI=1S/C14H18O3/c1-16-13-10-6-5-9-12(13)14(15)17-11-7-3-2-4-8-11/h5-6,9-11H,2-4,7-8H2,1H3. The number of para-hydroxylation sites is 1. The van der Waals surface area contributed by atoms with E-state index in [-0.39, 0.29) is 12.1 Å². The molecule has 0 radical (unpaired) electrons. The molecule has 3 nitrogen and oxygen atoms in total. The molecule has 1 saturated carbocycles. The molecular formula is C14H18O3. The molecule has 0 N–H and O–H groups in total. The third kappa shape index (κ3) is 2.99. The molecule has 1 fully saturated rings. The van der Waals surface area contributed by atoms with E-state index in [1.165, 1.54) is 6.42 Å². The summed E-state index contributed by atoms with van der Waals surface area (Å²) >= 11 is 0. The average molecular weight is 234 g/mol. The third-order valence-corrected chi connectivity index (χ3v) is 3.15. The van der Waals surface area contributed by atoms with Crippen molar-refractivity contribution < 1.29 is 14.3 Å². The van der Waals surface area contributed by atoms with E-state index in [0.29, 0.717) is 11.3 Å². The third-order valence-electron chi connectivity index (χ3n) is 3.15. The maximum atomic E-state index is 12.0. The monoisotopic (exact) mass is 234 g/mol. The maximum absolute atomic E-state index is 12.0. The van der Waals surface area contributed by atoms with Crippen LogP contribution < -0.4 is 4.74 Å². The van der Waals surface area contributed by atoms with Crippen molar-refractivity contribution in [3.63, 3.8) is 0 Å². The van der Waals surface area contributed by atoms with Crippen molar-refractivity contribution in [2.45, 2.75) is 38.2 Å². The molecule has 1 aliphatic carbocycles. The van der Waals surface area contributed by atoms with Crippen LogP contribution in [0.15, 0.2) is 24.3 Å². The summed E-state index contributed by atoms with van der Waals surface area (Å²) in [6, 6.07) is 7.18. The summed E-state index contributed by atoms with van der Waals surface area (Å²) in [4.78, 5) is 12.0. The summed E-state index contributed by atoms with van der Waals surface area (Å²) in [5, 5.41) is 0. The van der Waals surface area contributed by atoms with Gasteiger partial charge in [0.15, 0.2) is 0 Å². The Bertz CT molecular complexity index is 381. The van der Waals surface area contributed by atoms with Gasteiger partial charge in [-0.05, 0) is 37.8 Å². The summed E-state index contributed by atoms with van der Waals surface area (Å²) in [7, 11) is 1.56. The first-order chi connectivity index (χ1) is 8.31. The van der Waals surface area contributed by atoms with Gasteiger partial charge in [-0.1, -0.05) is 18.6 Å². The highest BCUT2D eigenvalue weighted by atomic mass is 16.5. The minimum absolute atomic E-state index is 0.0844. The molecule has 1 aromatic carbocycles. The van der Waals surface area contributed by atoms with E-state index in [9.17, 15) is 4.79 Å². The van der Waals surface area contributed by atoms with Gasteiger partial charge < -0.3 is 9.47 Å². The van der Waals surface area contributed by atoms with E-state index in [1.54, 1.807) is 19.2 Å². The lowest BCUT2D eigenvalue weighted by atomic mass is 9.98. The lowest BCUT2D eigenvalue weighted by Gasteiger charge is -2.22. The molecule has 17 heavy (non-hydrogen) atoms. The maximum Gasteiger partial charge on any atom is 0.342 e. The second-order valence-electron chi connectivity index (χ2n) is 4.37. The van der Waals surface area contributed by atoms with Crippen molar-refractivity contribution in [1.29, 1.82) is 0 Å². The number of hydrogen-bond acceptors (Lipinski definition) is 3. The molecule has 1 aromatic rings. The first-order valence-electron chi connectivity index (χ1n) is 6.15. The van der Waals surface area contributed by atoms with Crippen LogP contribution in [0.2, 0.25) is 0 Å². The molecule has 0 saturated heterocycles. The van der Waals surface area contributed by atoms with Crippen molar-refractivity contribution in [2.75, 3.05) is 7.11 Å². The lowest BCUT2D eigenvalue weighted by molar-refractivity contribution is 0.0208. The predicted octanol–water partition coefficient (Wildman–Crippen LogP) is 3.18. The number of rotatable bonds is 3. The zero-order valence-corrected chi connectivity index (χ0v) is 10.1. The number of methoxy groups -OCH3 is 1. The Morgan fingerprint density at radius 2 is 1.88 bits per heavy atom. The van der Waals surface area contributed by atoms with Gasteiger partial charge in [0, 0.05) is 0 Å². The second-order valence-corrected chi connectivity index (χ2v) is 4.37. The van der Waals surface area contributed by atoms with Gasteiger partial charge in [0.1, 0.15) is 17.4 Å². The van der Waals surface area contributed by atoms with E-state index in [2.05, 4.69) is 0 Å². The van der Waals surface area contributed by atoms with Crippen molar-refractivity contribution >= 4 is 5.97 Å². The number of esters is 1. The smallest absolute Gasteiger partial charge is 0.342 e. The van der Waals surface area contributed by atoms with E-state index in [4.69, 9.17) is 9.47 Å². The molecule has 2 rings (SSSR count). The molecule has 0 aromatic heterocycles. The topological polar surface area (TPSA) is 35.5 Å². The number of benzene rings is 1. The summed E-state index contributed by atoms with van der Waals surface area (Å²) in [5.41, 5.74) is 0.514. The normalized spacial score (nSPS) is 16.5. The summed E-state index contributed by atoms with van der Waals surface area (Å²) in [6.07, 6.45) is 5.62. The van der Waals surface area contributed by atoms with Crippen LogP contribution in [-0.4, -0.2) is 19.2 Å². The highest BCUT2D eigenvalue weighted by Crippen LogP contribution is 2.24. The minimum Gasteiger partial charge on any atom is -0.496 e. The van der Waals surface area contributed by atoms with Gasteiger partial charge in [-0.2, -0.15) is 0 Å². The van der Waals surface area contributed by atoms with Gasteiger partial charge in [0.2, 0.25) is 0 Å². The Hall–Kier alpha value is -1.51. The molecule has 92 valence electrons. The summed E-state index contributed by atoms with van der Waals surface area (Å²) < 4.78 is 10.7. The van der Waals surface area contributed by atoms with Gasteiger partial charge in [0.25, 0.3) is 0 Å². The lowest BCUT2D eigenvalue weighted by Crippen LogP contribution is -2.21. The van der Waals surface area contributed by atoms with Crippen LogP contribution in [0.5, 0.6) is 5.75 Å². The number of hydrogen-bond donors (Lipinski definition) is 0. The summed E-state index contributed by atoms with van der Waals surface area (Å²) in [6.45, 7) is 0. The van der Waals surface area contributed by atoms with E-state index in [1.807, 2.05) is 12.1 Å². The van der Waals surface area contributed by atoms with E-state index in [0.717, 1.165) is 25.7 Å². The quantitative estimate of drug-likeness (QED) is 0.753. The SMILES string of the molecule is COc1ccccc1C(=O)OC1CCCCC1. The average Bonchev–Trinajstić information content (AvgIpc) is 2.40. The van der Waals surface area contributed by atoms with Gasteiger partial charge in [-0.25, -0.2) is 4.79 Å². The van der Waals surface area contributed by atoms with Crippen molar-refractivity contribution in [1.82, 2.24) is 0 Å². The fourth-order valence-corrected chi connectivity index (χ4v) is 2.21. The molecule has 0 heterocycles. The first kappa shape index (κ1) is 12.0. The molecular weight excluding hydrogens is 216 g/mol.